The Kier molecular flexibility index (Phi) is 5.02. The van der Waals surface area contributed by atoms with Crippen LogP contribution in [0.25, 0.3) is 11.5 Å². The van der Waals surface area contributed by atoms with Gasteiger partial charge in [0.05, 0.1) is 0 Å². The van der Waals surface area contributed by atoms with Crippen molar-refractivity contribution < 1.29 is 8.85 Å². The first-order chi connectivity index (χ1) is 10.5. The van der Waals surface area contributed by atoms with Gasteiger partial charge in [0.2, 0.25) is 0 Å². The van der Waals surface area contributed by atoms with Gasteiger partial charge in [0.1, 0.15) is 11.5 Å². The minimum atomic E-state index is -2.65. The minimum Gasteiger partial charge on any atom is -0.509 e. The largest absolute Gasteiger partial charge is 0.509 e. The lowest BCUT2D eigenvalue weighted by molar-refractivity contribution is 0.361. The maximum absolute atomic E-state index is 6.01. The van der Waals surface area contributed by atoms with Gasteiger partial charge in [-0.2, -0.15) is 0 Å². The van der Waals surface area contributed by atoms with Crippen LogP contribution in [0.15, 0.2) is 86.1 Å². The summed E-state index contributed by atoms with van der Waals surface area (Å²) < 4.78 is 12.0. The fraction of sp³-hybridized carbons (Fsp3) is 0.0526. The zero-order valence-corrected chi connectivity index (χ0v) is 13.8. The molecule has 0 unspecified atom stereocenters. The molecule has 112 valence electrons. The van der Waals surface area contributed by atoms with E-state index in [4.69, 9.17) is 8.85 Å². The summed E-state index contributed by atoms with van der Waals surface area (Å²) in [5.41, 5.74) is 3.59. The predicted molar refractivity (Wildman–Crippen MR) is 94.9 cm³/mol. The SMILES string of the molecule is C=C[Si](C)(OC(=C)c1ccccc1)OC(=C)c1ccccc1. The average molecular weight is 308 g/mol. The van der Waals surface area contributed by atoms with Crippen LogP contribution in [0.1, 0.15) is 11.1 Å². The summed E-state index contributed by atoms with van der Waals surface area (Å²) in [5, 5.41) is 0. The molecule has 0 aliphatic rings. The molecule has 0 aromatic heterocycles. The molecule has 0 radical (unpaired) electrons. The highest BCUT2D eigenvalue weighted by Gasteiger charge is 2.33. The Bertz CT molecular complexity index is 609. The minimum absolute atomic E-state index is 0.579. The predicted octanol–water partition coefficient (Wildman–Crippen LogP) is 5.16. The number of benzene rings is 2. The normalized spacial score (nSPS) is 10.6. The van der Waals surface area contributed by atoms with Crippen molar-refractivity contribution >= 4 is 20.1 Å². The van der Waals surface area contributed by atoms with Gasteiger partial charge >= 0.3 is 8.56 Å². The van der Waals surface area contributed by atoms with E-state index < -0.39 is 8.56 Å². The first-order valence-electron chi connectivity index (χ1n) is 7.04. The summed E-state index contributed by atoms with van der Waals surface area (Å²) in [4.78, 5) is 0. The summed E-state index contributed by atoms with van der Waals surface area (Å²) in [6.45, 7) is 13.8. The third-order valence-electron chi connectivity index (χ3n) is 3.21. The Morgan fingerprint density at radius 3 is 1.50 bits per heavy atom. The monoisotopic (exact) mass is 308 g/mol. The average Bonchev–Trinajstić information content (AvgIpc) is 2.56. The Labute approximate surface area is 133 Å². The van der Waals surface area contributed by atoms with E-state index in [1.807, 2.05) is 67.2 Å². The van der Waals surface area contributed by atoms with Gasteiger partial charge in [0.25, 0.3) is 0 Å². The molecule has 2 rings (SSSR count). The molecule has 2 aromatic carbocycles. The molecule has 2 aromatic rings. The van der Waals surface area contributed by atoms with E-state index in [0.29, 0.717) is 11.5 Å². The lowest BCUT2D eigenvalue weighted by Gasteiger charge is -2.27. The summed E-state index contributed by atoms with van der Waals surface area (Å²) in [5.74, 6) is 1.16. The number of hydrogen-bond acceptors (Lipinski definition) is 2. The lowest BCUT2D eigenvalue weighted by atomic mass is 10.2. The second-order valence-electron chi connectivity index (χ2n) is 5.00. The van der Waals surface area contributed by atoms with Crippen molar-refractivity contribution in [3.63, 3.8) is 0 Å². The zero-order valence-electron chi connectivity index (χ0n) is 12.8. The van der Waals surface area contributed by atoms with E-state index in [0.717, 1.165) is 11.1 Å². The summed E-state index contributed by atoms with van der Waals surface area (Å²) in [6, 6.07) is 19.5. The smallest absolute Gasteiger partial charge is 0.484 e. The van der Waals surface area contributed by atoms with Gasteiger partial charge in [-0.15, -0.1) is 6.58 Å². The first-order valence-corrected chi connectivity index (χ1v) is 9.44. The van der Waals surface area contributed by atoms with Crippen molar-refractivity contribution in [1.82, 2.24) is 0 Å². The van der Waals surface area contributed by atoms with E-state index >= 15 is 0 Å². The van der Waals surface area contributed by atoms with Crippen molar-refractivity contribution in [3.8, 4) is 0 Å². The van der Waals surface area contributed by atoms with Gasteiger partial charge in [-0.25, -0.2) is 0 Å². The highest BCUT2D eigenvalue weighted by atomic mass is 28.4. The Morgan fingerprint density at radius 1 is 0.818 bits per heavy atom. The van der Waals surface area contributed by atoms with Gasteiger partial charge in [-0.3, -0.25) is 0 Å². The zero-order chi connectivity index (χ0) is 16.0. The van der Waals surface area contributed by atoms with Crippen molar-refractivity contribution in [2.75, 3.05) is 0 Å². The van der Waals surface area contributed by atoms with E-state index in [1.165, 1.54) is 0 Å². The quantitative estimate of drug-likeness (QED) is 0.519. The first kappa shape index (κ1) is 15.9. The molecule has 3 heteroatoms. The van der Waals surface area contributed by atoms with Crippen molar-refractivity contribution in [1.29, 1.82) is 0 Å². The van der Waals surface area contributed by atoms with Crippen LogP contribution in [0.3, 0.4) is 0 Å². The Morgan fingerprint density at radius 2 is 1.18 bits per heavy atom. The van der Waals surface area contributed by atoms with Crippen LogP contribution < -0.4 is 0 Å². The second-order valence-corrected chi connectivity index (χ2v) is 7.85. The summed E-state index contributed by atoms with van der Waals surface area (Å²) in [7, 11) is -2.65. The molecule has 0 aliphatic carbocycles. The highest BCUT2D eigenvalue weighted by Crippen LogP contribution is 2.25. The third-order valence-corrected chi connectivity index (χ3v) is 5.26. The standard InChI is InChI=1S/C19H20O2Si/c1-5-22(4,20-16(2)18-12-8-6-9-13-18)21-17(3)19-14-10-7-11-15-19/h5-15H,1-3H2,4H3. The van der Waals surface area contributed by atoms with Gasteiger partial charge in [-0.05, 0) is 5.70 Å². The fourth-order valence-electron chi connectivity index (χ4n) is 1.96. The Hall–Kier alpha value is -2.52. The van der Waals surface area contributed by atoms with E-state index in [2.05, 4.69) is 19.7 Å². The molecule has 0 saturated heterocycles. The molecule has 0 heterocycles. The number of hydrogen-bond donors (Lipinski definition) is 0. The van der Waals surface area contributed by atoms with Gasteiger partial charge < -0.3 is 8.85 Å². The van der Waals surface area contributed by atoms with Crippen molar-refractivity contribution in [2.45, 2.75) is 6.55 Å². The molecule has 2 nitrogen and oxygen atoms in total. The van der Waals surface area contributed by atoms with Gasteiger partial charge in [-0.1, -0.05) is 73.8 Å². The van der Waals surface area contributed by atoms with E-state index in [1.54, 1.807) is 5.70 Å². The lowest BCUT2D eigenvalue weighted by Crippen LogP contribution is -2.35. The molecule has 0 bridgehead atoms. The van der Waals surface area contributed by atoms with Crippen LogP contribution in [0.5, 0.6) is 0 Å². The molecule has 0 atom stereocenters. The van der Waals surface area contributed by atoms with E-state index in [9.17, 15) is 0 Å². The highest BCUT2D eigenvalue weighted by molar-refractivity contribution is 6.72. The van der Waals surface area contributed by atoms with Crippen molar-refractivity contribution in [3.05, 3.63) is 97.2 Å². The number of rotatable bonds is 7. The molecule has 0 N–H and O–H groups in total. The molecule has 0 aliphatic heterocycles. The third kappa shape index (κ3) is 3.99. The molecule has 0 spiro atoms. The molecule has 0 amide bonds. The van der Waals surface area contributed by atoms with Crippen LogP contribution >= 0.6 is 0 Å². The second kappa shape index (κ2) is 6.96. The van der Waals surface area contributed by atoms with E-state index in [-0.39, 0.29) is 0 Å². The molecule has 0 saturated carbocycles. The maximum atomic E-state index is 6.01. The van der Waals surface area contributed by atoms with Gasteiger partial charge in [0, 0.05) is 17.7 Å². The molecule has 22 heavy (non-hydrogen) atoms. The maximum Gasteiger partial charge on any atom is 0.484 e. The molecular weight excluding hydrogens is 288 g/mol. The topological polar surface area (TPSA) is 18.5 Å². The molecule has 0 fully saturated rings. The van der Waals surface area contributed by atoms with Crippen molar-refractivity contribution in [2.24, 2.45) is 0 Å². The Balaban J connectivity index is 2.10. The fourth-order valence-corrected chi connectivity index (χ4v) is 3.38. The van der Waals surface area contributed by atoms with Crippen LogP contribution in [-0.4, -0.2) is 8.56 Å². The van der Waals surface area contributed by atoms with Gasteiger partial charge in [0.15, 0.2) is 0 Å². The van der Waals surface area contributed by atoms with Crippen LogP contribution in [0.4, 0.5) is 0 Å². The summed E-state index contributed by atoms with van der Waals surface area (Å²) >= 11 is 0. The molecular formula is C19H20O2Si. The van der Waals surface area contributed by atoms with Crippen LogP contribution in [0, 0.1) is 0 Å². The van der Waals surface area contributed by atoms with Crippen LogP contribution in [-0.2, 0) is 8.85 Å². The van der Waals surface area contributed by atoms with Crippen LogP contribution in [0.2, 0.25) is 6.55 Å². The summed E-state index contributed by atoms with van der Waals surface area (Å²) in [6.07, 6.45) is 0.